The predicted molar refractivity (Wildman–Crippen MR) is 116 cm³/mol. The van der Waals surface area contributed by atoms with Crippen LogP contribution in [0.25, 0.3) is 10.9 Å². The second-order valence-corrected chi connectivity index (χ2v) is 6.93. The van der Waals surface area contributed by atoms with Crippen LogP contribution < -0.4 is 15.1 Å². The topological polar surface area (TPSA) is 70.1 Å². The molecule has 4 aromatic rings. The summed E-state index contributed by atoms with van der Waals surface area (Å²) in [6.45, 7) is 3.61. The van der Waals surface area contributed by atoms with Crippen molar-refractivity contribution in [3.8, 4) is 0 Å². The van der Waals surface area contributed by atoms with Crippen LogP contribution in [-0.2, 0) is 0 Å². The first-order chi connectivity index (χ1) is 14.4. The average Bonchev–Trinajstić information content (AvgIpc) is 2.80. The number of nitrogens with one attached hydrogen (secondary N) is 1. The molecule has 1 aliphatic rings. The lowest BCUT2D eigenvalue weighted by atomic mass is 10.2. The number of benzene rings is 1. The third-order valence-electron chi connectivity index (χ3n) is 5.13. The van der Waals surface area contributed by atoms with E-state index in [-0.39, 0.29) is 0 Å². The minimum Gasteiger partial charge on any atom is -0.353 e. The Labute approximate surface area is 169 Å². The number of hydrogen-bond acceptors (Lipinski definition) is 7. The molecule has 1 saturated heterocycles. The van der Waals surface area contributed by atoms with Crippen molar-refractivity contribution in [1.82, 2.24) is 19.9 Å². The second-order valence-electron chi connectivity index (χ2n) is 6.93. The third-order valence-corrected chi connectivity index (χ3v) is 5.13. The molecule has 1 aromatic carbocycles. The maximum atomic E-state index is 4.50. The summed E-state index contributed by atoms with van der Waals surface area (Å²) in [7, 11) is 0. The number of pyridine rings is 2. The monoisotopic (exact) mass is 383 g/mol. The number of nitrogens with zero attached hydrogens (tertiary/aromatic N) is 6. The molecule has 1 fully saturated rings. The lowest BCUT2D eigenvalue weighted by Gasteiger charge is -2.36. The van der Waals surface area contributed by atoms with Gasteiger partial charge in [0.2, 0.25) is 0 Å². The maximum Gasteiger partial charge on any atom is 0.135 e. The Bertz CT molecular complexity index is 1100. The summed E-state index contributed by atoms with van der Waals surface area (Å²) in [4.78, 5) is 22.4. The van der Waals surface area contributed by atoms with Gasteiger partial charge in [0.05, 0.1) is 11.2 Å². The van der Waals surface area contributed by atoms with E-state index in [1.165, 1.54) is 0 Å². The zero-order chi connectivity index (χ0) is 19.5. The summed E-state index contributed by atoms with van der Waals surface area (Å²) in [5.74, 6) is 2.72. The molecule has 144 valence electrons. The van der Waals surface area contributed by atoms with Crippen LogP contribution in [0.3, 0.4) is 0 Å². The fraction of sp³-hybridized carbons (Fsp3) is 0.182. The first-order valence-electron chi connectivity index (χ1n) is 9.70. The molecule has 0 atom stereocenters. The molecule has 5 rings (SSSR count). The summed E-state index contributed by atoms with van der Waals surface area (Å²) < 4.78 is 0. The van der Waals surface area contributed by atoms with Gasteiger partial charge in [0, 0.05) is 50.0 Å². The average molecular weight is 383 g/mol. The summed E-state index contributed by atoms with van der Waals surface area (Å²) in [5, 5.41) is 4.50. The van der Waals surface area contributed by atoms with Crippen LogP contribution in [0.15, 0.2) is 73.3 Å². The molecule has 7 heteroatoms. The molecule has 0 spiro atoms. The van der Waals surface area contributed by atoms with Crippen LogP contribution in [0.5, 0.6) is 0 Å². The SMILES string of the molecule is c1ccc(N2CCN(c3cc(Nc4cccc5cccnc45)ncn3)CC2)nc1. The molecule has 29 heavy (non-hydrogen) atoms. The van der Waals surface area contributed by atoms with Crippen molar-refractivity contribution < 1.29 is 0 Å². The molecular weight excluding hydrogens is 362 g/mol. The Morgan fingerprint density at radius 2 is 1.48 bits per heavy atom. The Hall–Kier alpha value is -3.74. The van der Waals surface area contributed by atoms with Crippen molar-refractivity contribution in [1.29, 1.82) is 0 Å². The molecular formula is C22H21N7. The van der Waals surface area contributed by atoms with Gasteiger partial charge in [-0.1, -0.05) is 24.3 Å². The van der Waals surface area contributed by atoms with Gasteiger partial charge < -0.3 is 15.1 Å². The lowest BCUT2D eigenvalue weighted by molar-refractivity contribution is 0.641. The van der Waals surface area contributed by atoms with Crippen LogP contribution in [0.4, 0.5) is 23.1 Å². The van der Waals surface area contributed by atoms with Crippen LogP contribution >= 0.6 is 0 Å². The molecule has 0 saturated carbocycles. The molecule has 1 N–H and O–H groups in total. The Morgan fingerprint density at radius 1 is 0.690 bits per heavy atom. The molecule has 7 nitrogen and oxygen atoms in total. The zero-order valence-electron chi connectivity index (χ0n) is 15.9. The molecule has 4 heterocycles. The molecule has 0 aliphatic carbocycles. The van der Waals surface area contributed by atoms with Crippen LogP contribution in [0.1, 0.15) is 0 Å². The standard InChI is InChI=1S/C22H21N7/c1-2-9-23-20(8-1)28-11-13-29(14-12-28)21-15-19(25-16-26-21)27-18-7-3-5-17-6-4-10-24-22(17)18/h1-10,15-16H,11-14H2,(H,25,26,27). The van der Waals surface area contributed by atoms with E-state index in [1.807, 2.05) is 42.6 Å². The molecule has 3 aromatic heterocycles. The van der Waals surface area contributed by atoms with E-state index in [0.717, 1.165) is 60.2 Å². The van der Waals surface area contributed by atoms with E-state index < -0.39 is 0 Å². The van der Waals surface area contributed by atoms with Gasteiger partial charge in [0.25, 0.3) is 0 Å². The summed E-state index contributed by atoms with van der Waals surface area (Å²) in [6, 6.07) is 18.1. The van der Waals surface area contributed by atoms with Crippen molar-refractivity contribution in [3.63, 3.8) is 0 Å². The van der Waals surface area contributed by atoms with Gasteiger partial charge >= 0.3 is 0 Å². The fourth-order valence-corrected chi connectivity index (χ4v) is 3.64. The van der Waals surface area contributed by atoms with Crippen molar-refractivity contribution in [3.05, 3.63) is 73.3 Å². The van der Waals surface area contributed by atoms with Gasteiger partial charge in [-0.05, 0) is 24.3 Å². The number of hydrogen-bond donors (Lipinski definition) is 1. The van der Waals surface area contributed by atoms with Crippen LogP contribution in [0, 0.1) is 0 Å². The molecule has 1 aliphatic heterocycles. The van der Waals surface area contributed by atoms with Gasteiger partial charge in [0.15, 0.2) is 0 Å². The minimum atomic E-state index is 0.764. The van der Waals surface area contributed by atoms with Gasteiger partial charge in [-0.3, -0.25) is 4.98 Å². The van der Waals surface area contributed by atoms with E-state index in [4.69, 9.17) is 0 Å². The summed E-state index contributed by atoms with van der Waals surface area (Å²) in [5.41, 5.74) is 1.87. The van der Waals surface area contributed by atoms with Crippen molar-refractivity contribution in [2.45, 2.75) is 0 Å². The fourth-order valence-electron chi connectivity index (χ4n) is 3.64. The highest BCUT2D eigenvalue weighted by atomic mass is 15.3. The molecule has 0 bridgehead atoms. The maximum absolute atomic E-state index is 4.50. The number of piperazine rings is 1. The normalized spacial score (nSPS) is 14.2. The first-order valence-corrected chi connectivity index (χ1v) is 9.70. The molecule has 0 unspecified atom stereocenters. The predicted octanol–water partition coefficient (Wildman–Crippen LogP) is 3.49. The highest BCUT2D eigenvalue weighted by molar-refractivity contribution is 5.91. The number of fused-ring (bicyclic) bond motifs is 1. The van der Waals surface area contributed by atoms with Crippen LogP contribution in [-0.4, -0.2) is 46.1 Å². The van der Waals surface area contributed by atoms with Crippen molar-refractivity contribution in [2.75, 3.05) is 41.3 Å². The zero-order valence-corrected chi connectivity index (χ0v) is 15.9. The van der Waals surface area contributed by atoms with Crippen molar-refractivity contribution in [2.24, 2.45) is 0 Å². The number of rotatable bonds is 4. The number of aromatic nitrogens is 4. The summed E-state index contributed by atoms with van der Waals surface area (Å²) >= 11 is 0. The highest BCUT2D eigenvalue weighted by Gasteiger charge is 2.19. The van der Waals surface area contributed by atoms with Gasteiger partial charge in [-0.2, -0.15) is 0 Å². The van der Waals surface area contributed by atoms with E-state index in [1.54, 1.807) is 12.5 Å². The minimum absolute atomic E-state index is 0.764. The first kappa shape index (κ1) is 17.4. The van der Waals surface area contributed by atoms with Gasteiger partial charge in [-0.15, -0.1) is 0 Å². The quantitative estimate of drug-likeness (QED) is 0.578. The Kier molecular flexibility index (Phi) is 4.62. The van der Waals surface area contributed by atoms with Gasteiger partial charge in [0.1, 0.15) is 23.8 Å². The van der Waals surface area contributed by atoms with E-state index >= 15 is 0 Å². The van der Waals surface area contributed by atoms with Crippen molar-refractivity contribution >= 4 is 34.0 Å². The molecule has 0 amide bonds. The number of anilines is 4. The van der Waals surface area contributed by atoms with E-state index in [0.29, 0.717) is 0 Å². The van der Waals surface area contributed by atoms with E-state index in [2.05, 4.69) is 53.3 Å². The van der Waals surface area contributed by atoms with E-state index in [9.17, 15) is 0 Å². The molecule has 0 radical (unpaired) electrons. The second kappa shape index (κ2) is 7.71. The Morgan fingerprint density at radius 3 is 2.31 bits per heavy atom. The third kappa shape index (κ3) is 3.67. The summed E-state index contributed by atoms with van der Waals surface area (Å²) in [6.07, 6.45) is 5.26. The lowest BCUT2D eigenvalue weighted by Crippen LogP contribution is -2.47. The number of para-hydroxylation sites is 1. The smallest absolute Gasteiger partial charge is 0.135 e. The van der Waals surface area contributed by atoms with Gasteiger partial charge in [-0.25, -0.2) is 15.0 Å². The largest absolute Gasteiger partial charge is 0.353 e. The van der Waals surface area contributed by atoms with Crippen LogP contribution in [0.2, 0.25) is 0 Å². The highest BCUT2D eigenvalue weighted by Crippen LogP contribution is 2.25. The Balaban J connectivity index is 1.32.